The van der Waals surface area contributed by atoms with Crippen LogP contribution in [0, 0.1) is 11.6 Å². The maximum Gasteiger partial charge on any atom is 0.142 e. The summed E-state index contributed by atoms with van der Waals surface area (Å²) in [5.41, 5.74) is 5.34. The van der Waals surface area contributed by atoms with Crippen molar-refractivity contribution in [2.45, 2.75) is 0 Å². The van der Waals surface area contributed by atoms with E-state index in [1.807, 2.05) is 0 Å². The SMILES string of the molecule is Nc1c(Br)c(F)cc(F)c1Br. The van der Waals surface area contributed by atoms with E-state index in [0.717, 1.165) is 6.07 Å². The second kappa shape index (κ2) is 3.06. The van der Waals surface area contributed by atoms with Crippen LogP contribution in [-0.4, -0.2) is 0 Å². The van der Waals surface area contributed by atoms with E-state index in [0.29, 0.717) is 0 Å². The minimum absolute atomic E-state index is 0.0301. The third-order valence-electron chi connectivity index (χ3n) is 1.15. The lowest BCUT2D eigenvalue weighted by molar-refractivity contribution is 0.576. The van der Waals surface area contributed by atoms with E-state index in [9.17, 15) is 8.78 Å². The van der Waals surface area contributed by atoms with Gasteiger partial charge in [-0.1, -0.05) is 0 Å². The number of nitrogens with two attached hydrogens (primary N) is 1. The zero-order chi connectivity index (χ0) is 8.59. The van der Waals surface area contributed by atoms with Crippen LogP contribution >= 0.6 is 31.9 Å². The quantitative estimate of drug-likeness (QED) is 0.576. The van der Waals surface area contributed by atoms with Gasteiger partial charge in [-0.2, -0.15) is 0 Å². The molecule has 0 aliphatic rings. The van der Waals surface area contributed by atoms with Crippen molar-refractivity contribution in [2.24, 2.45) is 0 Å². The topological polar surface area (TPSA) is 26.0 Å². The number of hydrogen-bond donors (Lipinski definition) is 1. The fraction of sp³-hybridized carbons (Fsp3) is 0. The lowest BCUT2D eigenvalue weighted by atomic mass is 10.3. The van der Waals surface area contributed by atoms with Crippen molar-refractivity contribution in [3.63, 3.8) is 0 Å². The van der Waals surface area contributed by atoms with Crippen LogP contribution in [0.2, 0.25) is 0 Å². The first-order valence-electron chi connectivity index (χ1n) is 2.62. The average Bonchev–Trinajstić information content (AvgIpc) is 1.97. The molecule has 60 valence electrons. The third kappa shape index (κ3) is 1.54. The summed E-state index contributed by atoms with van der Waals surface area (Å²) < 4.78 is 25.4. The van der Waals surface area contributed by atoms with Gasteiger partial charge in [-0.3, -0.25) is 0 Å². The van der Waals surface area contributed by atoms with E-state index >= 15 is 0 Å². The molecule has 1 aromatic rings. The fourth-order valence-corrected chi connectivity index (χ4v) is 1.48. The molecule has 0 atom stereocenters. The summed E-state index contributed by atoms with van der Waals surface area (Å²) in [4.78, 5) is 0. The maximum atomic E-state index is 12.6. The molecule has 2 N–H and O–H groups in total. The first kappa shape index (κ1) is 8.93. The molecule has 0 radical (unpaired) electrons. The minimum Gasteiger partial charge on any atom is -0.397 e. The van der Waals surface area contributed by atoms with Crippen LogP contribution in [0.15, 0.2) is 15.0 Å². The molecule has 0 saturated heterocycles. The van der Waals surface area contributed by atoms with E-state index < -0.39 is 11.6 Å². The molecule has 0 aliphatic carbocycles. The molecule has 0 spiro atoms. The first-order chi connectivity index (χ1) is 5.04. The van der Waals surface area contributed by atoms with Crippen molar-refractivity contribution in [3.8, 4) is 0 Å². The molecule has 5 heteroatoms. The van der Waals surface area contributed by atoms with Crippen molar-refractivity contribution >= 4 is 37.5 Å². The molecule has 0 aromatic heterocycles. The van der Waals surface area contributed by atoms with Crippen LogP contribution in [0.3, 0.4) is 0 Å². The van der Waals surface area contributed by atoms with Gasteiger partial charge < -0.3 is 5.73 Å². The van der Waals surface area contributed by atoms with Crippen LogP contribution in [0.25, 0.3) is 0 Å². The van der Waals surface area contributed by atoms with Crippen molar-refractivity contribution in [1.82, 2.24) is 0 Å². The number of rotatable bonds is 0. The van der Waals surface area contributed by atoms with Gasteiger partial charge in [0.2, 0.25) is 0 Å². The average molecular weight is 287 g/mol. The summed E-state index contributed by atoms with van der Waals surface area (Å²) in [6.07, 6.45) is 0. The molecule has 1 nitrogen and oxygen atoms in total. The molecular weight excluding hydrogens is 284 g/mol. The maximum absolute atomic E-state index is 12.6. The summed E-state index contributed by atoms with van der Waals surface area (Å²) in [7, 11) is 0. The minimum atomic E-state index is -0.705. The highest BCUT2D eigenvalue weighted by Crippen LogP contribution is 2.32. The zero-order valence-electron chi connectivity index (χ0n) is 5.17. The standard InChI is InChI=1S/C6H3Br2F2N/c7-4-2(9)1-3(10)5(8)6(4)11/h1H,11H2. The van der Waals surface area contributed by atoms with E-state index in [1.165, 1.54) is 0 Å². The van der Waals surface area contributed by atoms with Crippen LogP contribution in [-0.2, 0) is 0 Å². The van der Waals surface area contributed by atoms with Gasteiger partial charge in [0, 0.05) is 6.07 Å². The van der Waals surface area contributed by atoms with Crippen LogP contribution in [0.5, 0.6) is 0 Å². The van der Waals surface area contributed by atoms with E-state index in [2.05, 4.69) is 31.9 Å². The van der Waals surface area contributed by atoms with Gasteiger partial charge in [0.05, 0.1) is 14.6 Å². The van der Waals surface area contributed by atoms with Gasteiger partial charge in [-0.15, -0.1) is 0 Å². The van der Waals surface area contributed by atoms with E-state index in [1.54, 1.807) is 0 Å². The molecule has 0 amide bonds. The van der Waals surface area contributed by atoms with Gasteiger partial charge in [-0.25, -0.2) is 8.78 Å². The summed E-state index contributed by atoms with van der Waals surface area (Å²) in [5.74, 6) is -1.41. The number of nitrogen functional groups attached to an aromatic ring is 1. The first-order valence-corrected chi connectivity index (χ1v) is 4.21. The Labute approximate surface area is 78.8 Å². The molecule has 0 bridgehead atoms. The smallest absolute Gasteiger partial charge is 0.142 e. The molecular formula is C6H3Br2F2N. The van der Waals surface area contributed by atoms with Gasteiger partial charge in [-0.05, 0) is 31.9 Å². The Morgan fingerprint density at radius 1 is 1.09 bits per heavy atom. The highest BCUT2D eigenvalue weighted by molar-refractivity contribution is 9.11. The molecule has 1 rings (SSSR count). The predicted molar refractivity (Wildman–Crippen MR) is 46.2 cm³/mol. The molecule has 0 fully saturated rings. The summed E-state index contributed by atoms with van der Waals surface area (Å²) in [6.45, 7) is 0. The van der Waals surface area contributed by atoms with Crippen molar-refractivity contribution in [1.29, 1.82) is 0 Å². The van der Waals surface area contributed by atoms with Crippen LogP contribution in [0.1, 0.15) is 0 Å². The molecule has 0 unspecified atom stereocenters. The predicted octanol–water partition coefficient (Wildman–Crippen LogP) is 3.07. The summed E-state index contributed by atoms with van der Waals surface area (Å²) in [6, 6.07) is 0.754. The monoisotopic (exact) mass is 285 g/mol. The second-order valence-electron chi connectivity index (χ2n) is 1.88. The Morgan fingerprint density at radius 3 is 1.82 bits per heavy atom. The zero-order valence-corrected chi connectivity index (χ0v) is 8.34. The van der Waals surface area contributed by atoms with E-state index in [-0.39, 0.29) is 14.6 Å². The Bertz CT molecular complexity index is 275. The highest BCUT2D eigenvalue weighted by atomic mass is 79.9. The molecule has 0 aliphatic heterocycles. The molecule has 0 heterocycles. The van der Waals surface area contributed by atoms with Crippen molar-refractivity contribution in [3.05, 3.63) is 26.6 Å². The van der Waals surface area contributed by atoms with Gasteiger partial charge in [0.25, 0.3) is 0 Å². The lowest BCUT2D eigenvalue weighted by Gasteiger charge is -2.02. The second-order valence-corrected chi connectivity index (χ2v) is 3.47. The van der Waals surface area contributed by atoms with Crippen LogP contribution in [0.4, 0.5) is 14.5 Å². The number of anilines is 1. The Balaban J connectivity index is 3.46. The van der Waals surface area contributed by atoms with Crippen molar-refractivity contribution in [2.75, 3.05) is 5.73 Å². The summed E-state index contributed by atoms with van der Waals surface area (Å²) in [5, 5.41) is 0. The number of hydrogen-bond acceptors (Lipinski definition) is 1. The summed E-state index contributed by atoms with van der Waals surface area (Å²) >= 11 is 5.73. The normalized spacial score (nSPS) is 10.2. The fourth-order valence-electron chi connectivity index (χ4n) is 0.592. The largest absolute Gasteiger partial charge is 0.397 e. The Morgan fingerprint density at radius 2 is 1.45 bits per heavy atom. The number of halogens is 4. The lowest BCUT2D eigenvalue weighted by Crippen LogP contribution is -1.94. The van der Waals surface area contributed by atoms with Gasteiger partial charge in [0.1, 0.15) is 11.6 Å². The van der Waals surface area contributed by atoms with Gasteiger partial charge in [0.15, 0.2) is 0 Å². The van der Waals surface area contributed by atoms with E-state index in [4.69, 9.17) is 5.73 Å². The molecule has 1 aromatic carbocycles. The van der Waals surface area contributed by atoms with Gasteiger partial charge >= 0.3 is 0 Å². The van der Waals surface area contributed by atoms with Crippen molar-refractivity contribution < 1.29 is 8.78 Å². The highest BCUT2D eigenvalue weighted by Gasteiger charge is 2.11. The number of benzene rings is 1. The third-order valence-corrected chi connectivity index (χ3v) is 2.76. The Hall–Kier alpha value is -0.160. The molecule has 11 heavy (non-hydrogen) atoms. The molecule has 0 saturated carbocycles. The van der Waals surface area contributed by atoms with Crippen LogP contribution < -0.4 is 5.73 Å². The Kier molecular flexibility index (Phi) is 2.49.